The largest absolute Gasteiger partial charge is 0.463 e. The van der Waals surface area contributed by atoms with Crippen molar-refractivity contribution in [1.29, 1.82) is 0 Å². The number of amides is 1. The van der Waals surface area contributed by atoms with Gasteiger partial charge in [-0.15, -0.1) is 0 Å². The molecule has 7 heteroatoms. The van der Waals surface area contributed by atoms with Crippen LogP contribution in [0, 0.1) is 11.3 Å². The maximum atomic E-state index is 12.6. The van der Waals surface area contributed by atoms with Gasteiger partial charge in [-0.05, 0) is 37.0 Å². The Kier molecular flexibility index (Phi) is 2.63. The number of carbonyl (C=O) groups excluding carboxylic acids is 1. The molecule has 2 aliphatic rings. The number of carbonyl (C=O) groups is 1. The van der Waals surface area contributed by atoms with Crippen LogP contribution in [0.4, 0.5) is 22.0 Å². The van der Waals surface area contributed by atoms with Crippen LogP contribution in [0.3, 0.4) is 0 Å². The van der Waals surface area contributed by atoms with Gasteiger partial charge in [0, 0.05) is 6.54 Å². The van der Waals surface area contributed by atoms with Crippen molar-refractivity contribution in [1.82, 2.24) is 5.32 Å². The van der Waals surface area contributed by atoms with E-state index in [2.05, 4.69) is 0 Å². The Morgan fingerprint density at radius 3 is 2.06 bits per heavy atom. The van der Waals surface area contributed by atoms with Crippen LogP contribution in [0.25, 0.3) is 0 Å². The van der Waals surface area contributed by atoms with Gasteiger partial charge < -0.3 is 5.32 Å². The zero-order valence-electron chi connectivity index (χ0n) is 8.91. The van der Waals surface area contributed by atoms with E-state index in [9.17, 15) is 26.7 Å². The predicted octanol–water partition coefficient (Wildman–Crippen LogP) is 2.49. The molecule has 0 unspecified atom stereocenters. The van der Waals surface area contributed by atoms with E-state index in [-0.39, 0.29) is 12.0 Å². The minimum Gasteiger partial charge on any atom is -0.350 e. The molecule has 0 aromatic rings. The van der Waals surface area contributed by atoms with Gasteiger partial charge in [-0.3, -0.25) is 4.79 Å². The Morgan fingerprint density at radius 1 is 1.18 bits per heavy atom. The summed E-state index contributed by atoms with van der Waals surface area (Å²) in [6, 6.07) is 0. The van der Waals surface area contributed by atoms with Crippen molar-refractivity contribution in [2.24, 2.45) is 11.3 Å². The van der Waals surface area contributed by atoms with Crippen LogP contribution >= 0.6 is 0 Å². The average Bonchev–Trinajstić information content (AvgIpc) is 3.02. The van der Waals surface area contributed by atoms with E-state index in [4.69, 9.17) is 0 Å². The molecule has 0 heterocycles. The highest BCUT2D eigenvalue weighted by Gasteiger charge is 2.64. The summed E-state index contributed by atoms with van der Waals surface area (Å²) in [5.74, 6) is -7.15. The molecule has 2 aliphatic carbocycles. The van der Waals surface area contributed by atoms with Crippen molar-refractivity contribution in [2.45, 2.75) is 37.8 Å². The molecule has 2 saturated carbocycles. The Balaban J connectivity index is 1.89. The molecule has 2 nitrogen and oxygen atoms in total. The standard InChI is InChI=1S/C10H12F5NO/c11-9(12,10(13,14)15)7(17)16-5-8(3-4-8)6-1-2-6/h6H,1-5H2,(H,16,17). The molecule has 2 rings (SSSR count). The molecule has 0 saturated heterocycles. The average molecular weight is 257 g/mol. The fourth-order valence-corrected chi connectivity index (χ4v) is 2.08. The van der Waals surface area contributed by atoms with Crippen molar-refractivity contribution >= 4 is 5.91 Å². The smallest absolute Gasteiger partial charge is 0.350 e. The van der Waals surface area contributed by atoms with Gasteiger partial charge in [0.2, 0.25) is 0 Å². The highest BCUT2D eigenvalue weighted by Crippen LogP contribution is 2.60. The van der Waals surface area contributed by atoms with Gasteiger partial charge in [-0.1, -0.05) is 0 Å². The molecule has 1 amide bonds. The normalized spacial score (nSPS) is 23.4. The van der Waals surface area contributed by atoms with Gasteiger partial charge in [0.1, 0.15) is 0 Å². The van der Waals surface area contributed by atoms with Crippen LogP contribution in [-0.2, 0) is 4.79 Å². The number of rotatable bonds is 4. The number of hydrogen-bond donors (Lipinski definition) is 1. The second kappa shape index (κ2) is 3.55. The second-order valence-corrected chi connectivity index (χ2v) is 4.89. The topological polar surface area (TPSA) is 29.1 Å². The third kappa shape index (κ3) is 2.24. The van der Waals surface area contributed by atoms with Gasteiger partial charge in [-0.25, -0.2) is 0 Å². The number of hydrogen-bond acceptors (Lipinski definition) is 1. The van der Waals surface area contributed by atoms with Crippen LogP contribution in [-0.4, -0.2) is 24.6 Å². The molecular weight excluding hydrogens is 245 g/mol. The van der Waals surface area contributed by atoms with E-state index < -0.39 is 18.0 Å². The van der Waals surface area contributed by atoms with Crippen LogP contribution < -0.4 is 5.32 Å². The van der Waals surface area contributed by atoms with Crippen LogP contribution in [0.5, 0.6) is 0 Å². The second-order valence-electron chi connectivity index (χ2n) is 4.89. The lowest BCUT2D eigenvalue weighted by molar-refractivity contribution is -0.269. The van der Waals surface area contributed by atoms with E-state index in [0.29, 0.717) is 5.92 Å². The minimum absolute atomic E-state index is 0.0673. The molecule has 0 bridgehead atoms. The predicted molar refractivity (Wildman–Crippen MR) is 48.4 cm³/mol. The Morgan fingerprint density at radius 2 is 1.71 bits per heavy atom. The molecule has 98 valence electrons. The van der Waals surface area contributed by atoms with Gasteiger partial charge in [0.15, 0.2) is 0 Å². The van der Waals surface area contributed by atoms with Gasteiger partial charge in [0.25, 0.3) is 5.91 Å². The van der Waals surface area contributed by atoms with E-state index >= 15 is 0 Å². The maximum Gasteiger partial charge on any atom is 0.463 e. The van der Waals surface area contributed by atoms with Crippen LogP contribution in [0.1, 0.15) is 25.7 Å². The first-order valence-corrected chi connectivity index (χ1v) is 5.42. The van der Waals surface area contributed by atoms with Crippen molar-refractivity contribution in [3.8, 4) is 0 Å². The summed E-state index contributed by atoms with van der Waals surface area (Å²) in [6.07, 6.45) is -2.27. The summed E-state index contributed by atoms with van der Waals surface area (Å²) >= 11 is 0. The molecule has 0 spiro atoms. The number of nitrogens with one attached hydrogen (secondary N) is 1. The van der Waals surface area contributed by atoms with Crippen molar-refractivity contribution in [2.75, 3.05) is 6.54 Å². The molecular formula is C10H12F5NO. The zero-order chi connectivity index (χ0) is 12.9. The highest BCUT2D eigenvalue weighted by atomic mass is 19.4. The summed E-state index contributed by atoms with van der Waals surface area (Å²) in [5.41, 5.74) is -0.197. The van der Waals surface area contributed by atoms with Gasteiger partial charge in [0.05, 0.1) is 0 Å². The van der Waals surface area contributed by atoms with E-state index in [1.54, 1.807) is 5.32 Å². The summed E-state index contributed by atoms with van der Waals surface area (Å²) in [5, 5.41) is 1.74. The number of halogens is 5. The highest BCUT2D eigenvalue weighted by molar-refractivity contribution is 5.84. The first-order valence-electron chi connectivity index (χ1n) is 5.42. The lowest BCUT2D eigenvalue weighted by atomic mass is 10.0. The van der Waals surface area contributed by atoms with Crippen molar-refractivity contribution in [3.63, 3.8) is 0 Å². The molecule has 1 N–H and O–H groups in total. The van der Waals surface area contributed by atoms with E-state index in [0.717, 1.165) is 25.7 Å². The Hall–Kier alpha value is -0.880. The SMILES string of the molecule is O=C(NCC1(C2CC2)CC1)C(F)(F)C(F)(F)F. The maximum absolute atomic E-state index is 12.6. The molecule has 0 aromatic heterocycles. The summed E-state index contributed by atoms with van der Waals surface area (Å²) in [7, 11) is 0. The van der Waals surface area contributed by atoms with Crippen LogP contribution in [0.2, 0.25) is 0 Å². The summed E-state index contributed by atoms with van der Waals surface area (Å²) in [4.78, 5) is 10.8. The van der Waals surface area contributed by atoms with Gasteiger partial charge >= 0.3 is 12.1 Å². The van der Waals surface area contributed by atoms with Crippen molar-refractivity contribution < 1.29 is 26.7 Å². The lowest BCUT2D eigenvalue weighted by Gasteiger charge is -2.21. The Labute approximate surface area is 94.6 Å². The monoisotopic (exact) mass is 257 g/mol. The fraction of sp³-hybridized carbons (Fsp3) is 0.900. The first kappa shape index (κ1) is 12.6. The molecule has 0 aromatic carbocycles. The third-order valence-corrected chi connectivity index (χ3v) is 3.58. The molecule has 0 aliphatic heterocycles. The van der Waals surface area contributed by atoms with Crippen molar-refractivity contribution in [3.05, 3.63) is 0 Å². The summed E-state index contributed by atoms with van der Waals surface area (Å²) in [6.45, 7) is -0.0673. The fourth-order valence-electron chi connectivity index (χ4n) is 2.08. The lowest BCUT2D eigenvalue weighted by Crippen LogP contribution is -2.51. The zero-order valence-corrected chi connectivity index (χ0v) is 8.91. The quantitative estimate of drug-likeness (QED) is 0.770. The number of alkyl halides is 5. The molecule has 2 fully saturated rings. The molecule has 0 radical (unpaired) electrons. The molecule has 17 heavy (non-hydrogen) atoms. The first-order chi connectivity index (χ1) is 7.69. The van der Waals surface area contributed by atoms with Gasteiger partial charge in [-0.2, -0.15) is 22.0 Å². The third-order valence-electron chi connectivity index (χ3n) is 3.58. The van der Waals surface area contributed by atoms with E-state index in [1.807, 2.05) is 0 Å². The molecule has 0 atom stereocenters. The minimum atomic E-state index is -5.83. The van der Waals surface area contributed by atoms with Crippen LogP contribution in [0.15, 0.2) is 0 Å². The Bertz CT molecular complexity index is 330. The van der Waals surface area contributed by atoms with E-state index in [1.165, 1.54) is 0 Å². The summed E-state index contributed by atoms with van der Waals surface area (Å²) < 4.78 is 60.8.